The Labute approximate surface area is 120 Å². The van der Waals surface area contributed by atoms with Crippen molar-refractivity contribution in [3.8, 4) is 0 Å². The number of carbonyl (C=O) groups is 1. The van der Waals surface area contributed by atoms with Crippen LogP contribution in [0.5, 0.6) is 0 Å². The molecule has 1 saturated heterocycles. The lowest BCUT2D eigenvalue weighted by atomic mass is 10.1. The van der Waals surface area contributed by atoms with E-state index in [0.29, 0.717) is 13.2 Å². The monoisotopic (exact) mass is 277 g/mol. The number of rotatable bonds is 6. The Balaban J connectivity index is 2.02. The number of benzene rings is 1. The van der Waals surface area contributed by atoms with E-state index in [0.717, 1.165) is 31.9 Å². The number of methoxy groups -OCH3 is 1. The van der Waals surface area contributed by atoms with Crippen molar-refractivity contribution < 1.29 is 9.53 Å². The van der Waals surface area contributed by atoms with Gasteiger partial charge in [0.1, 0.15) is 0 Å². The highest BCUT2D eigenvalue weighted by Crippen LogP contribution is 2.21. The number of nitrogens with one attached hydrogen (secondary N) is 1. The molecular weight excluding hydrogens is 254 g/mol. The molecule has 0 spiro atoms. The molecule has 1 aromatic rings. The zero-order valence-electron chi connectivity index (χ0n) is 12.3. The van der Waals surface area contributed by atoms with Gasteiger partial charge in [-0.05, 0) is 11.6 Å². The van der Waals surface area contributed by atoms with Crippen molar-refractivity contribution >= 4 is 11.6 Å². The zero-order valence-corrected chi connectivity index (χ0v) is 12.3. The molecule has 20 heavy (non-hydrogen) atoms. The fourth-order valence-corrected chi connectivity index (χ4v) is 2.33. The molecule has 0 unspecified atom stereocenters. The summed E-state index contributed by atoms with van der Waals surface area (Å²) in [6, 6.07) is 8.26. The van der Waals surface area contributed by atoms with Crippen molar-refractivity contribution in [3.63, 3.8) is 0 Å². The second kappa shape index (κ2) is 7.26. The van der Waals surface area contributed by atoms with Crippen LogP contribution >= 0.6 is 0 Å². The first-order valence-electron chi connectivity index (χ1n) is 6.99. The molecule has 1 fully saturated rings. The minimum atomic E-state index is 0.179. The minimum Gasteiger partial charge on any atom is -0.383 e. The molecule has 5 heteroatoms. The third-order valence-electron chi connectivity index (χ3n) is 3.59. The summed E-state index contributed by atoms with van der Waals surface area (Å²) >= 11 is 0. The molecule has 1 aliphatic rings. The van der Waals surface area contributed by atoms with E-state index in [1.807, 2.05) is 19.2 Å². The molecule has 0 bridgehead atoms. The van der Waals surface area contributed by atoms with E-state index in [1.165, 1.54) is 5.56 Å². The number of likely N-dealkylation sites (N-methyl/N-ethyl adjacent to an activating group) is 1. The summed E-state index contributed by atoms with van der Waals surface area (Å²) in [4.78, 5) is 15.8. The average molecular weight is 277 g/mol. The summed E-state index contributed by atoms with van der Waals surface area (Å²) in [6.45, 7) is 4.45. The van der Waals surface area contributed by atoms with Crippen LogP contribution < -0.4 is 10.2 Å². The molecule has 1 N–H and O–H groups in total. The van der Waals surface area contributed by atoms with Gasteiger partial charge in [0.25, 0.3) is 0 Å². The lowest BCUT2D eigenvalue weighted by Gasteiger charge is -2.34. The molecule has 1 amide bonds. The van der Waals surface area contributed by atoms with Gasteiger partial charge in [-0.1, -0.05) is 18.2 Å². The molecule has 1 heterocycles. The number of anilines is 1. The number of carbonyl (C=O) groups excluding carboxylic acids is 1. The molecule has 0 aromatic heterocycles. The van der Waals surface area contributed by atoms with E-state index in [2.05, 4.69) is 22.3 Å². The van der Waals surface area contributed by atoms with Crippen LogP contribution in [0.4, 0.5) is 5.69 Å². The first-order chi connectivity index (χ1) is 9.72. The number of nitrogens with zero attached hydrogens (tertiary/aromatic N) is 2. The fraction of sp³-hybridized carbons (Fsp3) is 0.533. The molecule has 5 nitrogen and oxygen atoms in total. The van der Waals surface area contributed by atoms with Gasteiger partial charge in [-0.15, -0.1) is 0 Å². The highest BCUT2D eigenvalue weighted by molar-refractivity contribution is 5.82. The van der Waals surface area contributed by atoms with Crippen LogP contribution in [0.15, 0.2) is 24.3 Å². The highest BCUT2D eigenvalue weighted by Gasteiger charge is 2.22. The van der Waals surface area contributed by atoms with Crippen molar-refractivity contribution in [2.45, 2.75) is 6.54 Å². The SMILES string of the molecule is COCCNCc1ccccc1N1CCN(C)C(=O)C1. The molecular formula is C15H23N3O2. The molecule has 0 atom stereocenters. The number of amides is 1. The predicted octanol–water partition coefficient (Wildman–Crippen LogP) is 0.701. The number of hydrogen-bond acceptors (Lipinski definition) is 4. The van der Waals surface area contributed by atoms with E-state index < -0.39 is 0 Å². The lowest BCUT2D eigenvalue weighted by Crippen LogP contribution is -2.48. The van der Waals surface area contributed by atoms with Gasteiger partial charge in [-0.25, -0.2) is 0 Å². The van der Waals surface area contributed by atoms with Gasteiger partial charge < -0.3 is 19.9 Å². The zero-order chi connectivity index (χ0) is 14.4. The Kier molecular flexibility index (Phi) is 5.38. The molecule has 1 aromatic carbocycles. The van der Waals surface area contributed by atoms with Gasteiger partial charge in [-0.3, -0.25) is 4.79 Å². The van der Waals surface area contributed by atoms with Crippen molar-refractivity contribution in [1.29, 1.82) is 0 Å². The second-order valence-electron chi connectivity index (χ2n) is 5.04. The van der Waals surface area contributed by atoms with Crippen LogP contribution in [0.1, 0.15) is 5.56 Å². The van der Waals surface area contributed by atoms with E-state index in [4.69, 9.17) is 4.74 Å². The van der Waals surface area contributed by atoms with Crippen LogP contribution in [0.3, 0.4) is 0 Å². The summed E-state index contributed by atoms with van der Waals surface area (Å²) in [5, 5.41) is 3.36. The summed E-state index contributed by atoms with van der Waals surface area (Å²) in [5.41, 5.74) is 2.37. The third-order valence-corrected chi connectivity index (χ3v) is 3.59. The smallest absolute Gasteiger partial charge is 0.241 e. The van der Waals surface area contributed by atoms with Crippen LogP contribution in [-0.2, 0) is 16.1 Å². The summed E-state index contributed by atoms with van der Waals surface area (Å²) in [5.74, 6) is 0.179. The number of para-hydroxylation sites is 1. The number of ether oxygens (including phenoxy) is 1. The second-order valence-corrected chi connectivity index (χ2v) is 5.04. The van der Waals surface area contributed by atoms with Gasteiger partial charge >= 0.3 is 0 Å². The molecule has 1 aliphatic heterocycles. The maximum absolute atomic E-state index is 11.8. The number of piperazine rings is 1. The normalized spacial score (nSPS) is 15.8. The van der Waals surface area contributed by atoms with Crippen LogP contribution in [-0.4, -0.2) is 57.8 Å². The Morgan fingerprint density at radius 3 is 2.85 bits per heavy atom. The molecule has 0 radical (unpaired) electrons. The first-order valence-corrected chi connectivity index (χ1v) is 6.99. The maximum atomic E-state index is 11.8. The lowest BCUT2D eigenvalue weighted by molar-refractivity contribution is -0.129. The maximum Gasteiger partial charge on any atom is 0.241 e. The van der Waals surface area contributed by atoms with Crippen LogP contribution in [0, 0.1) is 0 Å². The van der Waals surface area contributed by atoms with Gasteiger partial charge in [0, 0.05) is 46.0 Å². The Bertz CT molecular complexity index is 450. The standard InChI is InChI=1S/C15H23N3O2/c1-17-8-9-18(12-15(17)19)14-6-4-3-5-13(14)11-16-7-10-20-2/h3-6,16H,7-12H2,1-2H3. The number of hydrogen-bond donors (Lipinski definition) is 1. The van der Waals surface area contributed by atoms with Gasteiger partial charge in [0.15, 0.2) is 0 Å². The van der Waals surface area contributed by atoms with E-state index in [1.54, 1.807) is 12.0 Å². The summed E-state index contributed by atoms with van der Waals surface area (Å²) in [6.07, 6.45) is 0. The Morgan fingerprint density at radius 2 is 2.10 bits per heavy atom. The largest absolute Gasteiger partial charge is 0.383 e. The summed E-state index contributed by atoms with van der Waals surface area (Å²) in [7, 11) is 3.56. The van der Waals surface area contributed by atoms with Gasteiger partial charge in [-0.2, -0.15) is 0 Å². The summed E-state index contributed by atoms with van der Waals surface area (Å²) < 4.78 is 5.03. The van der Waals surface area contributed by atoms with Crippen molar-refractivity contribution in [3.05, 3.63) is 29.8 Å². The van der Waals surface area contributed by atoms with Crippen molar-refractivity contribution in [1.82, 2.24) is 10.2 Å². The van der Waals surface area contributed by atoms with Gasteiger partial charge in [0.2, 0.25) is 5.91 Å². The first kappa shape index (κ1) is 14.8. The fourth-order valence-electron chi connectivity index (χ4n) is 2.33. The topological polar surface area (TPSA) is 44.8 Å². The predicted molar refractivity (Wildman–Crippen MR) is 79.9 cm³/mol. The van der Waals surface area contributed by atoms with Crippen molar-refractivity contribution in [2.75, 3.05) is 51.8 Å². The molecule has 110 valence electrons. The van der Waals surface area contributed by atoms with Gasteiger partial charge in [0.05, 0.1) is 13.2 Å². The van der Waals surface area contributed by atoms with E-state index in [-0.39, 0.29) is 5.91 Å². The third kappa shape index (κ3) is 3.71. The molecule has 0 aliphatic carbocycles. The van der Waals surface area contributed by atoms with Crippen LogP contribution in [0.25, 0.3) is 0 Å². The average Bonchev–Trinajstić information content (AvgIpc) is 2.47. The van der Waals surface area contributed by atoms with Crippen LogP contribution in [0.2, 0.25) is 0 Å². The Morgan fingerprint density at radius 1 is 1.30 bits per heavy atom. The van der Waals surface area contributed by atoms with Crippen molar-refractivity contribution in [2.24, 2.45) is 0 Å². The molecule has 0 saturated carbocycles. The quantitative estimate of drug-likeness (QED) is 0.778. The van der Waals surface area contributed by atoms with E-state index in [9.17, 15) is 4.79 Å². The minimum absolute atomic E-state index is 0.179. The molecule has 2 rings (SSSR count). The Hall–Kier alpha value is -1.59. The highest BCUT2D eigenvalue weighted by atomic mass is 16.5. The van der Waals surface area contributed by atoms with E-state index >= 15 is 0 Å².